The van der Waals surface area contributed by atoms with E-state index in [0.717, 1.165) is 23.4 Å². The summed E-state index contributed by atoms with van der Waals surface area (Å²) in [6, 6.07) is 8.57. The molecule has 1 aliphatic heterocycles. The Labute approximate surface area is 146 Å². The van der Waals surface area contributed by atoms with Gasteiger partial charge in [-0.1, -0.05) is 26.0 Å². The summed E-state index contributed by atoms with van der Waals surface area (Å²) in [4.78, 5) is 27.7. The number of carbonyl (C=O) groups is 2. The normalized spacial score (nSPS) is 15.9. The number of hydrogen-bond donors (Lipinski definition) is 3. The second-order valence-corrected chi connectivity index (χ2v) is 6.56. The largest absolute Gasteiger partial charge is 0.478 e. The highest BCUT2D eigenvalue weighted by molar-refractivity contribution is 5.94. The molecule has 0 saturated heterocycles. The highest BCUT2D eigenvalue weighted by atomic mass is 16.4. The number of carboxylic acid groups (broad SMARTS) is 1. The molecule has 0 saturated carbocycles. The van der Waals surface area contributed by atoms with Gasteiger partial charge in [0.2, 0.25) is 0 Å². The van der Waals surface area contributed by atoms with Crippen LogP contribution in [0.4, 0.5) is 0 Å². The Morgan fingerprint density at radius 2 is 2.00 bits per heavy atom. The first-order chi connectivity index (χ1) is 12.0. The molecular weight excluding hydrogens is 318 g/mol. The monoisotopic (exact) mass is 339 g/mol. The van der Waals surface area contributed by atoms with Gasteiger partial charge >= 0.3 is 5.97 Å². The lowest BCUT2D eigenvalue weighted by Crippen LogP contribution is -2.23. The van der Waals surface area contributed by atoms with Crippen LogP contribution >= 0.6 is 0 Å². The molecule has 3 rings (SSSR count). The standard InChI is InChI=1S/C19H21N3O3/c1-11(2)16-17-14(9-20-16)7-15(10-21-17)18(23)22-8-12-3-5-13(6-4-12)19(24)25/h3-7,10-11,16,20H,8-9H2,1-2H3,(H,22,23)(H,24,25)/t16-/m0/s1. The smallest absolute Gasteiger partial charge is 0.335 e. The molecule has 1 aliphatic rings. The molecule has 2 heterocycles. The number of rotatable bonds is 5. The zero-order valence-corrected chi connectivity index (χ0v) is 14.2. The maximum Gasteiger partial charge on any atom is 0.335 e. The van der Waals surface area contributed by atoms with E-state index in [1.54, 1.807) is 18.3 Å². The fourth-order valence-electron chi connectivity index (χ4n) is 2.98. The molecule has 1 amide bonds. The van der Waals surface area contributed by atoms with Gasteiger partial charge in [-0.15, -0.1) is 0 Å². The molecule has 1 aromatic carbocycles. The minimum atomic E-state index is -0.965. The number of benzene rings is 1. The molecule has 25 heavy (non-hydrogen) atoms. The van der Waals surface area contributed by atoms with Crippen molar-refractivity contribution in [2.45, 2.75) is 33.0 Å². The van der Waals surface area contributed by atoms with Gasteiger partial charge in [0.15, 0.2) is 0 Å². The van der Waals surface area contributed by atoms with Crippen LogP contribution in [0.15, 0.2) is 36.5 Å². The van der Waals surface area contributed by atoms with E-state index < -0.39 is 5.97 Å². The number of carboxylic acids is 1. The van der Waals surface area contributed by atoms with Crippen molar-refractivity contribution < 1.29 is 14.7 Å². The maximum absolute atomic E-state index is 12.3. The summed E-state index contributed by atoms with van der Waals surface area (Å²) in [6.07, 6.45) is 1.62. The number of aromatic carboxylic acids is 1. The van der Waals surface area contributed by atoms with Crippen LogP contribution in [-0.4, -0.2) is 22.0 Å². The lowest BCUT2D eigenvalue weighted by atomic mass is 10.0. The average Bonchev–Trinajstić information content (AvgIpc) is 3.03. The highest BCUT2D eigenvalue weighted by Gasteiger charge is 2.26. The number of fused-ring (bicyclic) bond motifs is 1. The molecular formula is C19H21N3O3. The number of pyridine rings is 1. The van der Waals surface area contributed by atoms with E-state index in [9.17, 15) is 9.59 Å². The van der Waals surface area contributed by atoms with Gasteiger partial charge in [0.1, 0.15) is 0 Å². The zero-order valence-electron chi connectivity index (χ0n) is 14.2. The Balaban J connectivity index is 1.65. The van der Waals surface area contributed by atoms with E-state index in [1.165, 1.54) is 12.1 Å². The maximum atomic E-state index is 12.3. The first kappa shape index (κ1) is 17.1. The summed E-state index contributed by atoms with van der Waals surface area (Å²) >= 11 is 0. The SMILES string of the molecule is CC(C)[C@@H]1NCc2cc(C(=O)NCc3ccc(C(=O)O)cc3)cnc21. The first-order valence-corrected chi connectivity index (χ1v) is 8.28. The molecule has 6 nitrogen and oxygen atoms in total. The van der Waals surface area contributed by atoms with Gasteiger partial charge in [-0.25, -0.2) is 4.79 Å². The van der Waals surface area contributed by atoms with E-state index in [1.807, 2.05) is 6.07 Å². The lowest BCUT2D eigenvalue weighted by Gasteiger charge is -2.15. The molecule has 0 fully saturated rings. The molecule has 0 unspecified atom stereocenters. The second kappa shape index (κ2) is 7.03. The van der Waals surface area contributed by atoms with Crippen molar-refractivity contribution in [1.29, 1.82) is 0 Å². The van der Waals surface area contributed by atoms with Gasteiger partial charge in [0.05, 0.1) is 22.9 Å². The Hall–Kier alpha value is -2.73. The number of amides is 1. The zero-order chi connectivity index (χ0) is 18.0. The van der Waals surface area contributed by atoms with Crippen molar-refractivity contribution in [3.05, 3.63) is 64.5 Å². The van der Waals surface area contributed by atoms with E-state index >= 15 is 0 Å². The number of nitrogens with one attached hydrogen (secondary N) is 2. The van der Waals surface area contributed by atoms with Gasteiger partial charge in [-0.3, -0.25) is 9.78 Å². The van der Waals surface area contributed by atoms with Gasteiger partial charge in [-0.2, -0.15) is 0 Å². The molecule has 6 heteroatoms. The van der Waals surface area contributed by atoms with Crippen molar-refractivity contribution in [1.82, 2.24) is 15.6 Å². The minimum absolute atomic E-state index is 0.189. The molecule has 3 N–H and O–H groups in total. The summed E-state index contributed by atoms with van der Waals surface area (Å²) in [5, 5.41) is 15.2. The van der Waals surface area contributed by atoms with Gasteiger partial charge in [0, 0.05) is 19.3 Å². The molecule has 0 radical (unpaired) electrons. The van der Waals surface area contributed by atoms with Crippen LogP contribution in [0.3, 0.4) is 0 Å². The third kappa shape index (κ3) is 3.69. The molecule has 1 aromatic heterocycles. The van der Waals surface area contributed by atoms with E-state index in [-0.39, 0.29) is 17.5 Å². The van der Waals surface area contributed by atoms with Crippen LogP contribution < -0.4 is 10.6 Å². The Kier molecular flexibility index (Phi) is 4.81. The van der Waals surface area contributed by atoms with Crippen LogP contribution in [0.1, 0.15) is 57.4 Å². The predicted octanol–water partition coefficient (Wildman–Crippen LogP) is 2.51. The summed E-state index contributed by atoms with van der Waals surface area (Å²) < 4.78 is 0. The predicted molar refractivity (Wildman–Crippen MR) is 93.2 cm³/mol. The van der Waals surface area contributed by atoms with Crippen molar-refractivity contribution in [2.24, 2.45) is 5.92 Å². The quantitative estimate of drug-likeness (QED) is 0.778. The van der Waals surface area contributed by atoms with Crippen LogP contribution in [-0.2, 0) is 13.1 Å². The molecule has 130 valence electrons. The van der Waals surface area contributed by atoms with E-state index in [2.05, 4.69) is 29.5 Å². The molecule has 1 atom stereocenters. The van der Waals surface area contributed by atoms with E-state index in [4.69, 9.17) is 5.11 Å². The first-order valence-electron chi connectivity index (χ1n) is 8.28. The Morgan fingerprint density at radius 1 is 1.28 bits per heavy atom. The van der Waals surface area contributed by atoms with Gasteiger partial charge in [-0.05, 0) is 35.2 Å². The van der Waals surface area contributed by atoms with Crippen LogP contribution in [0, 0.1) is 5.92 Å². The molecule has 0 bridgehead atoms. The van der Waals surface area contributed by atoms with Crippen molar-refractivity contribution in [2.75, 3.05) is 0 Å². The third-order valence-corrected chi connectivity index (χ3v) is 4.39. The minimum Gasteiger partial charge on any atom is -0.478 e. The summed E-state index contributed by atoms with van der Waals surface area (Å²) in [7, 11) is 0. The van der Waals surface area contributed by atoms with Crippen LogP contribution in [0.5, 0.6) is 0 Å². The van der Waals surface area contributed by atoms with Gasteiger partial charge < -0.3 is 15.7 Å². The van der Waals surface area contributed by atoms with Crippen molar-refractivity contribution in [3.8, 4) is 0 Å². The van der Waals surface area contributed by atoms with Gasteiger partial charge in [0.25, 0.3) is 5.91 Å². The Morgan fingerprint density at radius 3 is 2.64 bits per heavy atom. The summed E-state index contributed by atoms with van der Waals surface area (Å²) in [5.74, 6) is -0.707. The number of hydrogen-bond acceptors (Lipinski definition) is 4. The lowest BCUT2D eigenvalue weighted by molar-refractivity contribution is 0.0696. The Bertz CT molecular complexity index is 800. The second-order valence-electron chi connectivity index (χ2n) is 6.56. The third-order valence-electron chi connectivity index (χ3n) is 4.39. The van der Waals surface area contributed by atoms with Crippen LogP contribution in [0.2, 0.25) is 0 Å². The summed E-state index contributed by atoms with van der Waals surface area (Å²) in [5.41, 5.74) is 3.69. The number of carbonyl (C=O) groups excluding carboxylic acids is 1. The van der Waals surface area contributed by atoms with Crippen molar-refractivity contribution >= 4 is 11.9 Å². The molecule has 0 spiro atoms. The number of aromatic nitrogens is 1. The molecule has 0 aliphatic carbocycles. The molecule has 2 aromatic rings. The fourth-order valence-corrected chi connectivity index (χ4v) is 2.98. The van der Waals surface area contributed by atoms with Crippen LogP contribution in [0.25, 0.3) is 0 Å². The van der Waals surface area contributed by atoms with Crippen molar-refractivity contribution in [3.63, 3.8) is 0 Å². The summed E-state index contributed by atoms with van der Waals surface area (Å²) in [6.45, 7) is 5.35. The topological polar surface area (TPSA) is 91.3 Å². The fraction of sp³-hybridized carbons (Fsp3) is 0.316. The van der Waals surface area contributed by atoms with E-state index in [0.29, 0.717) is 18.0 Å². The number of nitrogens with zero attached hydrogens (tertiary/aromatic N) is 1. The highest BCUT2D eigenvalue weighted by Crippen LogP contribution is 2.29. The average molecular weight is 339 g/mol.